The predicted molar refractivity (Wildman–Crippen MR) is 52.3 cm³/mol. The van der Waals surface area contributed by atoms with Crippen LogP contribution in [0.2, 0.25) is 0 Å². The molecule has 0 aliphatic rings. The first-order chi connectivity index (χ1) is 5.76. The van der Waals surface area contributed by atoms with Gasteiger partial charge in [0.2, 0.25) is 0 Å². The van der Waals surface area contributed by atoms with E-state index < -0.39 is 0 Å². The van der Waals surface area contributed by atoms with Crippen LogP contribution in [0.15, 0.2) is 0 Å². The number of hydrogen-bond donors (Lipinski definition) is 0. The molecule has 0 amide bonds. The molecule has 0 aromatic rings. The largest absolute Gasteiger partial charge is 0.359 e. The lowest BCUT2D eigenvalue weighted by Gasteiger charge is -2.13. The van der Waals surface area contributed by atoms with Gasteiger partial charge in [-0.05, 0) is 19.6 Å². The first-order valence-electron chi connectivity index (χ1n) is 4.46. The van der Waals surface area contributed by atoms with E-state index in [0.29, 0.717) is 6.79 Å². The summed E-state index contributed by atoms with van der Waals surface area (Å²) >= 11 is 0. The van der Waals surface area contributed by atoms with Crippen molar-refractivity contribution < 1.29 is 9.47 Å². The molecular weight excluding hydrogens is 154 g/mol. The Bertz CT molecular complexity index is 58.0. The highest BCUT2D eigenvalue weighted by Crippen LogP contribution is 1.81. The van der Waals surface area contributed by atoms with Gasteiger partial charge in [0.25, 0.3) is 0 Å². The van der Waals surface area contributed by atoms with Crippen LogP contribution in [0.4, 0.5) is 0 Å². The molecule has 76 valence electrons. The minimum atomic E-state index is 0.389. The summed E-state index contributed by atoms with van der Waals surface area (Å²) in [5.41, 5.74) is 0. The molecule has 0 saturated carbocycles. The van der Waals surface area contributed by atoms with Crippen LogP contribution in [0.1, 0.15) is 20.8 Å². The Morgan fingerprint density at radius 1 is 0.833 bits per heavy atom. The molecule has 0 fully saturated rings. The van der Waals surface area contributed by atoms with Gasteiger partial charge in [-0.25, -0.2) is 0 Å². The van der Waals surface area contributed by atoms with Crippen LogP contribution in [0.5, 0.6) is 0 Å². The third-order valence-corrected chi connectivity index (χ3v) is 1.58. The van der Waals surface area contributed by atoms with Crippen LogP contribution in [0.25, 0.3) is 0 Å². The van der Waals surface area contributed by atoms with Crippen molar-refractivity contribution in [1.29, 1.82) is 0 Å². The first kappa shape index (κ1) is 14.4. The summed E-state index contributed by atoms with van der Waals surface area (Å²) in [7, 11) is 3.17. The fourth-order valence-corrected chi connectivity index (χ4v) is 0.789. The third-order valence-electron chi connectivity index (χ3n) is 1.58. The Morgan fingerprint density at radius 3 is 1.17 bits per heavy atom. The van der Waals surface area contributed by atoms with E-state index in [1.165, 1.54) is 19.6 Å². The van der Waals surface area contributed by atoms with E-state index in [1.807, 2.05) is 0 Å². The third kappa shape index (κ3) is 12.5. The molecular formula is C9H23NO2. The van der Waals surface area contributed by atoms with Crippen molar-refractivity contribution in [3.63, 3.8) is 0 Å². The lowest BCUT2D eigenvalue weighted by Crippen LogP contribution is -2.21. The fraction of sp³-hybridized carbons (Fsp3) is 1.00. The Balaban J connectivity index is 0. The molecule has 0 aromatic heterocycles. The van der Waals surface area contributed by atoms with Gasteiger partial charge in [0.1, 0.15) is 6.79 Å². The van der Waals surface area contributed by atoms with Gasteiger partial charge in [-0.15, -0.1) is 0 Å². The summed E-state index contributed by atoms with van der Waals surface area (Å²) in [4.78, 5) is 2.38. The van der Waals surface area contributed by atoms with Crippen molar-refractivity contribution >= 4 is 0 Å². The molecule has 12 heavy (non-hydrogen) atoms. The lowest BCUT2D eigenvalue weighted by atomic mass is 10.5. The Hall–Kier alpha value is -0.120. The summed E-state index contributed by atoms with van der Waals surface area (Å²) in [6.45, 7) is 10.5. The zero-order valence-corrected chi connectivity index (χ0v) is 9.09. The van der Waals surface area contributed by atoms with Gasteiger partial charge in [0, 0.05) is 14.2 Å². The van der Waals surface area contributed by atoms with E-state index in [4.69, 9.17) is 0 Å². The minimum Gasteiger partial charge on any atom is -0.359 e. The molecule has 0 heterocycles. The van der Waals surface area contributed by atoms with Gasteiger partial charge < -0.3 is 14.4 Å². The maximum Gasteiger partial charge on any atom is 0.145 e. The van der Waals surface area contributed by atoms with Crippen LogP contribution < -0.4 is 0 Å². The Morgan fingerprint density at radius 2 is 1.17 bits per heavy atom. The zero-order valence-electron chi connectivity index (χ0n) is 9.09. The van der Waals surface area contributed by atoms with Gasteiger partial charge in [0.15, 0.2) is 0 Å². The zero-order chi connectivity index (χ0) is 9.82. The highest BCUT2D eigenvalue weighted by atomic mass is 16.6. The highest BCUT2D eigenvalue weighted by Gasteiger charge is 1.89. The Kier molecular flexibility index (Phi) is 16.2. The summed E-state index contributed by atoms with van der Waals surface area (Å²) in [6, 6.07) is 0. The molecule has 0 bridgehead atoms. The van der Waals surface area contributed by atoms with Crippen molar-refractivity contribution in [3.8, 4) is 0 Å². The molecule has 0 aliphatic carbocycles. The molecule has 0 rings (SSSR count). The van der Waals surface area contributed by atoms with E-state index >= 15 is 0 Å². The maximum atomic E-state index is 4.47. The molecule has 0 atom stereocenters. The number of hydrogen-bond acceptors (Lipinski definition) is 3. The average molecular weight is 177 g/mol. The van der Waals surface area contributed by atoms with Crippen LogP contribution in [-0.2, 0) is 9.47 Å². The topological polar surface area (TPSA) is 21.7 Å². The Labute approximate surface area is 76.7 Å². The van der Waals surface area contributed by atoms with Crippen molar-refractivity contribution in [3.05, 3.63) is 0 Å². The molecule has 0 aromatic carbocycles. The number of nitrogens with zero attached hydrogens (tertiary/aromatic N) is 1. The summed E-state index contributed by atoms with van der Waals surface area (Å²) < 4.78 is 8.94. The highest BCUT2D eigenvalue weighted by molar-refractivity contribution is 4.43. The van der Waals surface area contributed by atoms with Crippen LogP contribution >= 0.6 is 0 Å². The second kappa shape index (κ2) is 13.5. The fourth-order valence-electron chi connectivity index (χ4n) is 0.789. The molecule has 0 radical (unpaired) electrons. The average Bonchev–Trinajstić information content (AvgIpc) is 2.10. The molecule has 0 N–H and O–H groups in total. The standard InChI is InChI=1S/C6H15N.C3H8O2/c1-4-7(5-2)6-3;1-4-3-5-2/h4-6H2,1-3H3;3H2,1-2H3. The molecule has 0 spiro atoms. The van der Waals surface area contributed by atoms with Gasteiger partial charge in [0.05, 0.1) is 0 Å². The maximum absolute atomic E-state index is 4.47. The molecule has 3 heteroatoms. The van der Waals surface area contributed by atoms with Gasteiger partial charge >= 0.3 is 0 Å². The second-order valence-corrected chi connectivity index (χ2v) is 2.31. The summed E-state index contributed by atoms with van der Waals surface area (Å²) in [5.74, 6) is 0. The van der Waals surface area contributed by atoms with Crippen molar-refractivity contribution in [2.75, 3.05) is 40.6 Å². The number of methoxy groups -OCH3 is 2. The second-order valence-electron chi connectivity index (χ2n) is 2.31. The van der Waals surface area contributed by atoms with E-state index in [0.717, 1.165) is 0 Å². The smallest absolute Gasteiger partial charge is 0.145 e. The monoisotopic (exact) mass is 177 g/mol. The van der Waals surface area contributed by atoms with Crippen LogP contribution in [0.3, 0.4) is 0 Å². The predicted octanol–water partition coefficient (Wildman–Crippen LogP) is 1.58. The SMILES string of the molecule is CCN(CC)CC.COCOC. The van der Waals surface area contributed by atoms with E-state index in [9.17, 15) is 0 Å². The molecule has 0 aliphatic heterocycles. The van der Waals surface area contributed by atoms with Gasteiger partial charge in [-0.2, -0.15) is 0 Å². The van der Waals surface area contributed by atoms with E-state index in [1.54, 1.807) is 14.2 Å². The van der Waals surface area contributed by atoms with E-state index in [-0.39, 0.29) is 0 Å². The van der Waals surface area contributed by atoms with Crippen molar-refractivity contribution in [2.45, 2.75) is 20.8 Å². The van der Waals surface area contributed by atoms with Gasteiger partial charge in [-0.1, -0.05) is 20.8 Å². The first-order valence-corrected chi connectivity index (χ1v) is 4.46. The molecule has 3 nitrogen and oxygen atoms in total. The number of ether oxygens (including phenoxy) is 2. The summed E-state index contributed by atoms with van der Waals surface area (Å²) in [6.07, 6.45) is 0. The van der Waals surface area contributed by atoms with Crippen molar-refractivity contribution in [1.82, 2.24) is 4.90 Å². The lowest BCUT2D eigenvalue weighted by molar-refractivity contribution is -0.00271. The molecule has 0 saturated heterocycles. The van der Waals surface area contributed by atoms with Gasteiger partial charge in [-0.3, -0.25) is 0 Å². The quantitative estimate of drug-likeness (QED) is 0.595. The van der Waals surface area contributed by atoms with Crippen LogP contribution in [0, 0.1) is 0 Å². The summed E-state index contributed by atoms with van der Waals surface area (Å²) in [5, 5.41) is 0. The molecule has 0 unspecified atom stereocenters. The number of rotatable bonds is 5. The van der Waals surface area contributed by atoms with E-state index in [2.05, 4.69) is 35.1 Å². The van der Waals surface area contributed by atoms with Crippen LogP contribution in [-0.4, -0.2) is 45.5 Å². The van der Waals surface area contributed by atoms with Crippen molar-refractivity contribution in [2.24, 2.45) is 0 Å². The minimum absolute atomic E-state index is 0.389. The normalized spacial score (nSPS) is 9.50.